The van der Waals surface area contributed by atoms with Gasteiger partial charge in [-0.15, -0.1) is 0 Å². The molecule has 71 heavy (non-hydrogen) atoms. The molecule has 0 aliphatic rings. The van der Waals surface area contributed by atoms with Crippen LogP contribution in [0.3, 0.4) is 0 Å². The third kappa shape index (κ3) is 11.2. The first-order valence-electron chi connectivity index (χ1n) is 22.5. The zero-order chi connectivity index (χ0) is 49.1. The Kier molecular flexibility index (Phi) is 14.4. The summed E-state index contributed by atoms with van der Waals surface area (Å²) in [5.41, 5.74) is 3.56. The van der Waals surface area contributed by atoms with Crippen LogP contribution in [0.5, 0.6) is 51.7 Å². The number of esters is 3. The van der Waals surface area contributed by atoms with Crippen molar-refractivity contribution in [2.45, 2.75) is 19.8 Å². The largest absolute Gasteiger partial charge is 0.493 e. The molecule has 9 rings (SSSR count). The van der Waals surface area contributed by atoms with Gasteiger partial charge in [0.2, 0.25) is 0 Å². The summed E-state index contributed by atoms with van der Waals surface area (Å²) in [5.74, 6) is 1.02. The maximum Gasteiger partial charge on any atom is 0.343 e. The minimum Gasteiger partial charge on any atom is -0.493 e. The first kappa shape index (κ1) is 46.8. The van der Waals surface area contributed by atoms with Crippen LogP contribution in [0.4, 0.5) is 0 Å². The number of methoxy groups -OCH3 is 3. The molecule has 0 heterocycles. The standard InChI is InChI=1S/C59H46O12/c1-63-53-31-42(20-26-50(53)66-35-38-13-7-4-8-14-38)57(60)69-46-24-25-48-45(30-46)29-41-19-23-47(70-58(61)43-21-27-51(54(32-43)64-2)67-36-39-15-9-5-10-16-39)34-49(41)56(48)71-59(62)44-22-28-52(55(33-44)65-3)68-37-40-17-11-6-12-18-40/h4-34H,35-37H2,1-3H3. The van der Waals surface area contributed by atoms with Gasteiger partial charge in [0.05, 0.1) is 38.0 Å². The van der Waals surface area contributed by atoms with Crippen LogP contribution < -0.4 is 42.6 Å². The molecule has 0 fully saturated rings. The van der Waals surface area contributed by atoms with Gasteiger partial charge in [0.1, 0.15) is 37.1 Å². The van der Waals surface area contributed by atoms with Crippen molar-refractivity contribution in [1.82, 2.24) is 0 Å². The molecule has 0 atom stereocenters. The third-order valence-corrected chi connectivity index (χ3v) is 11.4. The minimum absolute atomic E-state index is 0.166. The summed E-state index contributed by atoms with van der Waals surface area (Å²) in [5, 5.41) is 2.17. The summed E-state index contributed by atoms with van der Waals surface area (Å²) in [6, 6.07) is 55.3. The molecular formula is C59H46O12. The first-order valence-corrected chi connectivity index (χ1v) is 22.5. The lowest BCUT2D eigenvalue weighted by Crippen LogP contribution is -2.11. The van der Waals surface area contributed by atoms with E-state index in [9.17, 15) is 14.4 Å². The molecule has 0 aliphatic carbocycles. The average molecular weight is 947 g/mol. The van der Waals surface area contributed by atoms with E-state index >= 15 is 0 Å². The Hall–Kier alpha value is -9.29. The molecule has 0 bridgehead atoms. The second kappa shape index (κ2) is 21.8. The van der Waals surface area contributed by atoms with Crippen LogP contribution in [0, 0.1) is 0 Å². The van der Waals surface area contributed by atoms with Gasteiger partial charge >= 0.3 is 17.9 Å². The van der Waals surface area contributed by atoms with Gasteiger partial charge in [0.15, 0.2) is 34.5 Å². The number of carbonyl (C=O) groups excluding carboxylic acids is 3. The van der Waals surface area contributed by atoms with E-state index in [1.807, 2.05) is 97.1 Å². The first-order chi connectivity index (χ1) is 34.7. The average Bonchev–Trinajstić information content (AvgIpc) is 3.41. The molecule has 0 aromatic heterocycles. The van der Waals surface area contributed by atoms with Gasteiger partial charge in [-0.3, -0.25) is 0 Å². The summed E-state index contributed by atoms with van der Waals surface area (Å²) in [6.45, 7) is 0.919. The van der Waals surface area contributed by atoms with Crippen molar-refractivity contribution >= 4 is 39.5 Å². The smallest absolute Gasteiger partial charge is 0.343 e. The predicted octanol–water partition coefficient (Wildman–Crippen LogP) is 12.4. The molecule has 0 N–H and O–H groups in total. The number of benzene rings is 9. The Balaban J connectivity index is 0.998. The fourth-order valence-corrected chi connectivity index (χ4v) is 7.71. The number of rotatable bonds is 18. The lowest BCUT2D eigenvalue weighted by atomic mass is 10.0. The summed E-state index contributed by atoms with van der Waals surface area (Å²) in [7, 11) is 4.48. The molecule has 0 unspecified atom stereocenters. The number of ether oxygens (including phenoxy) is 9. The maximum atomic E-state index is 14.2. The van der Waals surface area contributed by atoms with Crippen LogP contribution in [0.1, 0.15) is 47.8 Å². The molecule has 0 saturated heterocycles. The van der Waals surface area contributed by atoms with Crippen molar-refractivity contribution in [1.29, 1.82) is 0 Å². The second-order valence-corrected chi connectivity index (χ2v) is 16.1. The van der Waals surface area contributed by atoms with Crippen LogP contribution in [0.25, 0.3) is 21.5 Å². The highest BCUT2D eigenvalue weighted by atomic mass is 16.6. The fraction of sp³-hybridized carbons (Fsp3) is 0.102. The molecule has 0 spiro atoms. The normalized spacial score (nSPS) is 10.8. The number of carbonyl (C=O) groups is 3. The predicted molar refractivity (Wildman–Crippen MR) is 268 cm³/mol. The van der Waals surface area contributed by atoms with Crippen molar-refractivity contribution < 1.29 is 57.0 Å². The lowest BCUT2D eigenvalue weighted by molar-refractivity contribution is 0.0723. The summed E-state index contributed by atoms with van der Waals surface area (Å²) < 4.78 is 52.8. The SMILES string of the molecule is COc1cc(C(=O)Oc2ccc3c(OC(=O)c4ccc(OCc5ccccc5)c(OC)c4)c4cc(OC(=O)c5ccc(OCc6ccccc6)c(OC)c5)ccc4cc3c2)ccc1OCc1ccccc1. The van der Waals surface area contributed by atoms with Gasteiger partial charge in [0, 0.05) is 10.8 Å². The molecule has 12 heteroatoms. The maximum absolute atomic E-state index is 14.2. The van der Waals surface area contributed by atoms with Gasteiger partial charge in [-0.25, -0.2) is 14.4 Å². The van der Waals surface area contributed by atoms with Gasteiger partial charge in [-0.1, -0.05) is 97.1 Å². The molecule has 0 saturated carbocycles. The van der Waals surface area contributed by atoms with Crippen molar-refractivity contribution in [3.8, 4) is 51.7 Å². The Morgan fingerprint density at radius 1 is 0.338 bits per heavy atom. The van der Waals surface area contributed by atoms with E-state index in [0.29, 0.717) is 75.9 Å². The van der Waals surface area contributed by atoms with E-state index in [0.717, 1.165) is 16.7 Å². The Morgan fingerprint density at radius 2 is 0.732 bits per heavy atom. The van der Waals surface area contributed by atoms with Crippen molar-refractivity contribution in [3.63, 3.8) is 0 Å². The van der Waals surface area contributed by atoms with E-state index in [4.69, 9.17) is 42.6 Å². The van der Waals surface area contributed by atoms with E-state index in [-0.39, 0.29) is 33.9 Å². The molecule has 0 aliphatic heterocycles. The van der Waals surface area contributed by atoms with Crippen LogP contribution in [0.2, 0.25) is 0 Å². The summed E-state index contributed by atoms with van der Waals surface area (Å²) in [6.07, 6.45) is 0. The highest BCUT2D eigenvalue weighted by molar-refractivity contribution is 6.09. The van der Waals surface area contributed by atoms with Crippen LogP contribution in [-0.2, 0) is 19.8 Å². The Bertz CT molecular complexity index is 3360. The van der Waals surface area contributed by atoms with E-state index in [1.54, 1.807) is 91.0 Å². The molecule has 354 valence electrons. The molecule has 9 aromatic carbocycles. The topological polar surface area (TPSA) is 134 Å². The summed E-state index contributed by atoms with van der Waals surface area (Å²) in [4.78, 5) is 41.4. The highest BCUT2D eigenvalue weighted by Crippen LogP contribution is 2.40. The van der Waals surface area contributed by atoms with E-state index in [2.05, 4.69) is 0 Å². The van der Waals surface area contributed by atoms with Crippen LogP contribution in [-0.4, -0.2) is 39.2 Å². The van der Waals surface area contributed by atoms with Crippen LogP contribution >= 0.6 is 0 Å². The van der Waals surface area contributed by atoms with Crippen LogP contribution in [0.15, 0.2) is 188 Å². The molecule has 0 radical (unpaired) electrons. The van der Waals surface area contributed by atoms with Crippen molar-refractivity contribution in [2.24, 2.45) is 0 Å². The highest BCUT2D eigenvalue weighted by Gasteiger charge is 2.21. The lowest BCUT2D eigenvalue weighted by Gasteiger charge is -2.16. The summed E-state index contributed by atoms with van der Waals surface area (Å²) >= 11 is 0. The molecular weight excluding hydrogens is 901 g/mol. The van der Waals surface area contributed by atoms with Crippen molar-refractivity contribution in [2.75, 3.05) is 21.3 Å². The van der Waals surface area contributed by atoms with E-state index in [1.165, 1.54) is 21.3 Å². The second-order valence-electron chi connectivity index (χ2n) is 16.1. The number of hydrogen-bond donors (Lipinski definition) is 0. The molecule has 0 amide bonds. The van der Waals surface area contributed by atoms with Gasteiger partial charge in [-0.2, -0.15) is 0 Å². The number of fused-ring (bicyclic) bond motifs is 2. The van der Waals surface area contributed by atoms with Crippen molar-refractivity contribution in [3.05, 3.63) is 221 Å². The minimum atomic E-state index is -0.698. The fourth-order valence-electron chi connectivity index (χ4n) is 7.71. The molecule has 12 nitrogen and oxygen atoms in total. The third-order valence-electron chi connectivity index (χ3n) is 11.4. The molecule has 9 aromatic rings. The Labute approximate surface area is 409 Å². The van der Waals surface area contributed by atoms with Gasteiger partial charge < -0.3 is 42.6 Å². The quantitative estimate of drug-likeness (QED) is 0.0460. The van der Waals surface area contributed by atoms with Gasteiger partial charge in [0.25, 0.3) is 0 Å². The number of hydrogen-bond acceptors (Lipinski definition) is 12. The Morgan fingerprint density at radius 3 is 1.15 bits per heavy atom. The monoisotopic (exact) mass is 946 g/mol. The zero-order valence-corrected chi connectivity index (χ0v) is 38.9. The zero-order valence-electron chi connectivity index (χ0n) is 38.9. The van der Waals surface area contributed by atoms with Gasteiger partial charge in [-0.05, 0) is 118 Å². The van der Waals surface area contributed by atoms with E-state index < -0.39 is 17.9 Å².